The smallest absolute Gasteiger partial charge is 0.0351 e. The Hall–Kier alpha value is -0.260. The molecule has 0 aromatic rings. The topological polar surface area (TPSA) is 0 Å². The minimum Gasteiger partial charge on any atom is -0.0885 e. The van der Waals surface area contributed by atoms with E-state index in [0.717, 1.165) is 11.8 Å². The average Bonchev–Trinajstić information content (AvgIpc) is 2.64. The van der Waals surface area contributed by atoms with E-state index in [-0.39, 0.29) is 0 Å². The highest BCUT2D eigenvalue weighted by atomic mass is 14.2. The van der Waals surface area contributed by atoms with Crippen molar-refractivity contribution in [2.24, 2.45) is 11.8 Å². The first-order valence-electron chi connectivity index (χ1n) is 9.01. The standard InChI is InChI=1S/C19H36/c1-3-5-6-7-8-9-10-14-19-16-12-11-15-18(17-19)13-4-2/h6-7,18-19H,3-5,8-17H2,1-2H3. The second kappa shape index (κ2) is 11.6. The molecule has 0 aliphatic heterocycles. The van der Waals surface area contributed by atoms with E-state index >= 15 is 0 Å². The van der Waals surface area contributed by atoms with Crippen LogP contribution in [0, 0.1) is 11.8 Å². The molecule has 0 heterocycles. The van der Waals surface area contributed by atoms with Crippen LogP contribution in [0.25, 0.3) is 0 Å². The van der Waals surface area contributed by atoms with Crippen molar-refractivity contribution in [1.29, 1.82) is 0 Å². The molecule has 1 fully saturated rings. The molecule has 2 unspecified atom stereocenters. The lowest BCUT2D eigenvalue weighted by atomic mass is 9.87. The van der Waals surface area contributed by atoms with E-state index in [1.807, 2.05) is 0 Å². The summed E-state index contributed by atoms with van der Waals surface area (Å²) in [6.45, 7) is 4.60. The van der Waals surface area contributed by atoms with Crippen LogP contribution in [-0.2, 0) is 0 Å². The van der Waals surface area contributed by atoms with Crippen LogP contribution >= 0.6 is 0 Å². The van der Waals surface area contributed by atoms with Crippen molar-refractivity contribution in [3.8, 4) is 0 Å². The number of unbranched alkanes of at least 4 members (excludes halogenated alkanes) is 3. The number of hydrogen-bond acceptors (Lipinski definition) is 0. The van der Waals surface area contributed by atoms with Crippen molar-refractivity contribution in [2.75, 3.05) is 0 Å². The van der Waals surface area contributed by atoms with Crippen LogP contribution in [0.15, 0.2) is 12.2 Å². The molecule has 0 spiro atoms. The van der Waals surface area contributed by atoms with Crippen LogP contribution in [0.1, 0.15) is 97.3 Å². The summed E-state index contributed by atoms with van der Waals surface area (Å²) in [6.07, 6.45) is 23.5. The highest BCUT2D eigenvalue weighted by Crippen LogP contribution is 2.33. The summed E-state index contributed by atoms with van der Waals surface area (Å²) in [4.78, 5) is 0. The zero-order valence-electron chi connectivity index (χ0n) is 13.5. The maximum absolute atomic E-state index is 2.40. The minimum absolute atomic E-state index is 1.05. The van der Waals surface area contributed by atoms with Crippen LogP contribution in [-0.4, -0.2) is 0 Å². The summed E-state index contributed by atoms with van der Waals surface area (Å²) in [6, 6.07) is 0. The van der Waals surface area contributed by atoms with Crippen molar-refractivity contribution < 1.29 is 0 Å². The lowest BCUT2D eigenvalue weighted by molar-refractivity contribution is 0.332. The predicted molar refractivity (Wildman–Crippen MR) is 87.5 cm³/mol. The van der Waals surface area contributed by atoms with Gasteiger partial charge >= 0.3 is 0 Å². The van der Waals surface area contributed by atoms with E-state index in [4.69, 9.17) is 0 Å². The Bertz CT molecular complexity index is 216. The van der Waals surface area contributed by atoms with E-state index in [2.05, 4.69) is 26.0 Å². The van der Waals surface area contributed by atoms with Crippen LogP contribution in [0.2, 0.25) is 0 Å². The van der Waals surface area contributed by atoms with Crippen molar-refractivity contribution >= 4 is 0 Å². The normalized spacial score (nSPS) is 24.7. The zero-order valence-corrected chi connectivity index (χ0v) is 13.5. The van der Waals surface area contributed by atoms with Crippen LogP contribution in [0.4, 0.5) is 0 Å². The molecular formula is C19H36. The van der Waals surface area contributed by atoms with Gasteiger partial charge in [0.1, 0.15) is 0 Å². The molecule has 0 heteroatoms. The molecule has 1 rings (SSSR count). The Morgan fingerprint density at radius 1 is 0.789 bits per heavy atom. The van der Waals surface area contributed by atoms with Gasteiger partial charge in [-0.15, -0.1) is 0 Å². The van der Waals surface area contributed by atoms with Crippen molar-refractivity contribution in [3.05, 3.63) is 12.2 Å². The predicted octanol–water partition coefficient (Wildman–Crippen LogP) is 6.90. The molecule has 0 bridgehead atoms. The van der Waals surface area contributed by atoms with Gasteiger partial charge in [-0.05, 0) is 37.5 Å². The third kappa shape index (κ3) is 8.50. The maximum Gasteiger partial charge on any atom is -0.0351 e. The molecule has 0 nitrogen and oxygen atoms in total. The molecule has 0 aromatic heterocycles. The van der Waals surface area contributed by atoms with E-state index in [1.54, 1.807) is 6.42 Å². The van der Waals surface area contributed by atoms with Gasteiger partial charge in [0.25, 0.3) is 0 Å². The number of allylic oxidation sites excluding steroid dienone is 2. The highest BCUT2D eigenvalue weighted by molar-refractivity contribution is 4.81. The van der Waals surface area contributed by atoms with Gasteiger partial charge in [-0.2, -0.15) is 0 Å². The summed E-state index contributed by atoms with van der Waals surface area (Å²) in [5, 5.41) is 0. The molecule has 0 N–H and O–H groups in total. The first kappa shape index (κ1) is 16.8. The molecule has 2 atom stereocenters. The number of rotatable bonds is 9. The molecule has 0 aromatic carbocycles. The van der Waals surface area contributed by atoms with E-state index in [0.29, 0.717) is 0 Å². The molecule has 0 radical (unpaired) electrons. The Balaban J connectivity index is 2.09. The summed E-state index contributed by atoms with van der Waals surface area (Å²) in [5.41, 5.74) is 0. The second-order valence-electron chi connectivity index (χ2n) is 6.59. The fraction of sp³-hybridized carbons (Fsp3) is 0.895. The summed E-state index contributed by atoms with van der Waals surface area (Å²) < 4.78 is 0. The SMILES string of the molecule is CCCC=CCCCCC1CCCCC(CCC)C1. The monoisotopic (exact) mass is 264 g/mol. The highest BCUT2D eigenvalue weighted by Gasteiger charge is 2.18. The molecule has 0 saturated heterocycles. The molecule has 0 amide bonds. The lowest BCUT2D eigenvalue weighted by Gasteiger charge is -2.19. The molecular weight excluding hydrogens is 228 g/mol. The molecule has 1 aliphatic carbocycles. The Morgan fingerprint density at radius 2 is 1.47 bits per heavy atom. The molecule has 19 heavy (non-hydrogen) atoms. The van der Waals surface area contributed by atoms with Crippen LogP contribution < -0.4 is 0 Å². The number of hydrogen-bond donors (Lipinski definition) is 0. The quantitative estimate of drug-likeness (QED) is 0.241. The Kier molecular flexibility index (Phi) is 10.2. The minimum atomic E-state index is 1.05. The maximum atomic E-state index is 2.40. The van der Waals surface area contributed by atoms with Gasteiger partial charge in [-0.25, -0.2) is 0 Å². The lowest BCUT2D eigenvalue weighted by Crippen LogP contribution is -2.06. The van der Waals surface area contributed by atoms with Crippen molar-refractivity contribution in [3.63, 3.8) is 0 Å². The molecule has 1 saturated carbocycles. The van der Waals surface area contributed by atoms with Gasteiger partial charge in [0.05, 0.1) is 0 Å². The van der Waals surface area contributed by atoms with Gasteiger partial charge in [-0.1, -0.05) is 83.8 Å². The summed E-state index contributed by atoms with van der Waals surface area (Å²) in [7, 11) is 0. The van der Waals surface area contributed by atoms with Gasteiger partial charge < -0.3 is 0 Å². The molecule has 112 valence electrons. The molecule has 1 aliphatic rings. The van der Waals surface area contributed by atoms with Crippen LogP contribution in [0.3, 0.4) is 0 Å². The largest absolute Gasteiger partial charge is 0.0885 e. The Morgan fingerprint density at radius 3 is 2.16 bits per heavy atom. The first-order valence-corrected chi connectivity index (χ1v) is 9.01. The van der Waals surface area contributed by atoms with Gasteiger partial charge in [-0.3, -0.25) is 0 Å². The second-order valence-corrected chi connectivity index (χ2v) is 6.59. The average molecular weight is 264 g/mol. The van der Waals surface area contributed by atoms with Gasteiger partial charge in [0, 0.05) is 0 Å². The van der Waals surface area contributed by atoms with Crippen molar-refractivity contribution in [2.45, 2.75) is 97.3 Å². The fourth-order valence-electron chi connectivity index (χ4n) is 3.60. The first-order chi connectivity index (χ1) is 9.36. The Labute approximate surface area is 122 Å². The van der Waals surface area contributed by atoms with E-state index in [9.17, 15) is 0 Å². The van der Waals surface area contributed by atoms with Gasteiger partial charge in [0.15, 0.2) is 0 Å². The fourth-order valence-corrected chi connectivity index (χ4v) is 3.60. The van der Waals surface area contributed by atoms with E-state index in [1.165, 1.54) is 77.0 Å². The third-order valence-corrected chi connectivity index (χ3v) is 4.69. The van der Waals surface area contributed by atoms with E-state index < -0.39 is 0 Å². The zero-order chi connectivity index (χ0) is 13.8. The van der Waals surface area contributed by atoms with Crippen LogP contribution in [0.5, 0.6) is 0 Å². The van der Waals surface area contributed by atoms with Gasteiger partial charge in [0.2, 0.25) is 0 Å². The summed E-state index contributed by atoms with van der Waals surface area (Å²) in [5.74, 6) is 2.11. The third-order valence-electron chi connectivity index (χ3n) is 4.69. The van der Waals surface area contributed by atoms with Crippen molar-refractivity contribution in [1.82, 2.24) is 0 Å². The summed E-state index contributed by atoms with van der Waals surface area (Å²) >= 11 is 0.